The zero-order valence-electron chi connectivity index (χ0n) is 12.0. The molecule has 6 heteroatoms. The van der Waals surface area contributed by atoms with Gasteiger partial charge in [-0.05, 0) is 40.9 Å². The average molecular weight is 346 g/mol. The van der Waals surface area contributed by atoms with Crippen molar-refractivity contribution in [2.45, 2.75) is 39.7 Å². The third-order valence-electron chi connectivity index (χ3n) is 3.74. The molecule has 1 aromatic heterocycles. The first-order valence-electron chi connectivity index (χ1n) is 6.56. The first-order chi connectivity index (χ1) is 9.34. The van der Waals surface area contributed by atoms with E-state index in [2.05, 4.69) is 15.9 Å². The number of hydrogen-bond donors (Lipinski definition) is 1. The van der Waals surface area contributed by atoms with E-state index in [1.807, 2.05) is 0 Å². The summed E-state index contributed by atoms with van der Waals surface area (Å²) in [6.45, 7) is 3.93. The van der Waals surface area contributed by atoms with E-state index in [-0.39, 0.29) is 12.3 Å². The van der Waals surface area contributed by atoms with E-state index in [1.165, 1.54) is 4.90 Å². The number of carboxylic acid groups (broad SMARTS) is 1. The molecular formula is C14H20BrNO4. The number of nitrogens with zero attached hydrogens (tertiary/aromatic N) is 1. The molecule has 0 spiro atoms. The Labute approximate surface area is 127 Å². The van der Waals surface area contributed by atoms with Crippen LogP contribution in [0.25, 0.3) is 0 Å². The highest BCUT2D eigenvalue weighted by Crippen LogP contribution is 2.31. The van der Waals surface area contributed by atoms with Crippen LogP contribution in [0.15, 0.2) is 21.2 Å². The van der Waals surface area contributed by atoms with Crippen LogP contribution in [0, 0.1) is 5.41 Å². The summed E-state index contributed by atoms with van der Waals surface area (Å²) in [4.78, 5) is 25.1. The highest BCUT2D eigenvalue weighted by atomic mass is 79.9. The van der Waals surface area contributed by atoms with Crippen molar-refractivity contribution in [1.82, 2.24) is 4.90 Å². The van der Waals surface area contributed by atoms with Crippen LogP contribution in [0.2, 0.25) is 0 Å². The Bertz CT molecular complexity index is 479. The lowest BCUT2D eigenvalue weighted by Crippen LogP contribution is -2.37. The normalized spacial score (nSPS) is 11.4. The van der Waals surface area contributed by atoms with Crippen molar-refractivity contribution in [1.29, 1.82) is 0 Å². The molecule has 1 rings (SSSR count). The molecule has 0 aliphatic rings. The van der Waals surface area contributed by atoms with Gasteiger partial charge in [0, 0.05) is 13.5 Å². The van der Waals surface area contributed by atoms with Gasteiger partial charge in [0.2, 0.25) is 5.91 Å². The quantitative estimate of drug-likeness (QED) is 0.823. The van der Waals surface area contributed by atoms with Gasteiger partial charge < -0.3 is 14.4 Å². The lowest BCUT2D eigenvalue weighted by molar-refractivity contribution is -0.154. The summed E-state index contributed by atoms with van der Waals surface area (Å²) in [5, 5.41) is 9.35. The molecule has 0 unspecified atom stereocenters. The highest BCUT2D eigenvalue weighted by Gasteiger charge is 2.37. The van der Waals surface area contributed by atoms with E-state index in [0.717, 1.165) is 0 Å². The number of carboxylic acids is 1. The number of carbonyl (C=O) groups excluding carboxylic acids is 1. The maximum absolute atomic E-state index is 12.2. The van der Waals surface area contributed by atoms with Crippen molar-refractivity contribution in [2.75, 3.05) is 7.05 Å². The largest absolute Gasteiger partial charge is 0.481 e. The monoisotopic (exact) mass is 345 g/mol. The predicted molar refractivity (Wildman–Crippen MR) is 78.1 cm³/mol. The lowest BCUT2D eigenvalue weighted by atomic mass is 9.79. The van der Waals surface area contributed by atoms with E-state index in [0.29, 0.717) is 29.8 Å². The summed E-state index contributed by atoms with van der Waals surface area (Å²) in [6.07, 6.45) is 0.878. The smallest absolute Gasteiger partial charge is 0.310 e. The van der Waals surface area contributed by atoms with Crippen molar-refractivity contribution in [3.05, 3.63) is 22.6 Å². The molecule has 0 aliphatic heterocycles. The molecule has 1 heterocycles. The summed E-state index contributed by atoms with van der Waals surface area (Å²) in [5.41, 5.74) is -0.977. The Morgan fingerprint density at radius 1 is 1.35 bits per heavy atom. The molecule has 5 nitrogen and oxygen atoms in total. The Morgan fingerprint density at radius 3 is 2.35 bits per heavy atom. The molecule has 0 aromatic carbocycles. The minimum absolute atomic E-state index is 0.00765. The Kier molecular flexibility index (Phi) is 5.80. The van der Waals surface area contributed by atoms with E-state index in [9.17, 15) is 14.7 Å². The van der Waals surface area contributed by atoms with Gasteiger partial charge in [0.1, 0.15) is 5.76 Å². The zero-order valence-corrected chi connectivity index (χ0v) is 13.6. The van der Waals surface area contributed by atoms with Gasteiger partial charge in [0.25, 0.3) is 0 Å². The number of carbonyl (C=O) groups is 2. The predicted octanol–water partition coefficient (Wildman–Crippen LogP) is 3.28. The SMILES string of the molecule is CCC(CC)(CC(=O)N(C)Cc1ccc(Br)o1)C(=O)O. The van der Waals surface area contributed by atoms with Gasteiger partial charge in [0.05, 0.1) is 12.0 Å². The summed E-state index contributed by atoms with van der Waals surface area (Å²) in [7, 11) is 1.65. The Hall–Kier alpha value is -1.30. The average Bonchev–Trinajstić information content (AvgIpc) is 2.80. The lowest BCUT2D eigenvalue weighted by Gasteiger charge is -2.28. The molecular weight excluding hydrogens is 326 g/mol. The van der Waals surface area contributed by atoms with Gasteiger partial charge in [-0.3, -0.25) is 9.59 Å². The molecule has 0 bridgehead atoms. The molecule has 0 fully saturated rings. The molecule has 1 aromatic rings. The minimum atomic E-state index is -0.977. The van der Waals surface area contributed by atoms with Crippen LogP contribution >= 0.6 is 15.9 Å². The first kappa shape index (κ1) is 16.8. The van der Waals surface area contributed by atoms with Gasteiger partial charge >= 0.3 is 5.97 Å². The molecule has 112 valence electrons. The Morgan fingerprint density at radius 2 is 1.95 bits per heavy atom. The molecule has 1 N–H and O–H groups in total. The second-order valence-electron chi connectivity index (χ2n) is 4.92. The van der Waals surface area contributed by atoms with E-state index in [1.54, 1.807) is 33.0 Å². The molecule has 1 amide bonds. The number of halogens is 1. The third kappa shape index (κ3) is 3.85. The fourth-order valence-electron chi connectivity index (χ4n) is 2.06. The van der Waals surface area contributed by atoms with Crippen LogP contribution in [-0.4, -0.2) is 28.9 Å². The minimum Gasteiger partial charge on any atom is -0.481 e. The molecule has 0 saturated heterocycles. The summed E-state index contributed by atoms with van der Waals surface area (Å²) < 4.78 is 5.95. The number of hydrogen-bond acceptors (Lipinski definition) is 3. The number of furan rings is 1. The highest BCUT2D eigenvalue weighted by molar-refractivity contribution is 9.10. The van der Waals surface area contributed by atoms with Crippen LogP contribution in [0.4, 0.5) is 0 Å². The van der Waals surface area contributed by atoms with Gasteiger partial charge in [-0.15, -0.1) is 0 Å². The second-order valence-corrected chi connectivity index (χ2v) is 5.71. The van der Waals surface area contributed by atoms with E-state index < -0.39 is 11.4 Å². The molecule has 0 saturated carbocycles. The molecule has 0 radical (unpaired) electrons. The molecule has 20 heavy (non-hydrogen) atoms. The fraction of sp³-hybridized carbons (Fsp3) is 0.571. The summed E-state index contributed by atoms with van der Waals surface area (Å²) >= 11 is 3.20. The second kappa shape index (κ2) is 6.92. The van der Waals surface area contributed by atoms with Crippen molar-refractivity contribution in [3.8, 4) is 0 Å². The third-order valence-corrected chi connectivity index (χ3v) is 4.17. The van der Waals surface area contributed by atoms with Crippen molar-refractivity contribution < 1.29 is 19.1 Å². The number of rotatable bonds is 7. The first-order valence-corrected chi connectivity index (χ1v) is 7.35. The van der Waals surface area contributed by atoms with Crippen LogP contribution in [-0.2, 0) is 16.1 Å². The summed E-state index contributed by atoms with van der Waals surface area (Å²) in [5.74, 6) is -0.449. The fourth-order valence-corrected chi connectivity index (χ4v) is 2.40. The standard InChI is InChI=1S/C14H20BrNO4/c1-4-14(5-2,13(18)19)8-12(17)16(3)9-10-6-7-11(15)20-10/h6-7H,4-5,8-9H2,1-3H3,(H,18,19). The van der Waals surface area contributed by atoms with Gasteiger partial charge in [-0.1, -0.05) is 13.8 Å². The van der Waals surface area contributed by atoms with Gasteiger partial charge in [-0.25, -0.2) is 0 Å². The van der Waals surface area contributed by atoms with Crippen molar-refractivity contribution in [3.63, 3.8) is 0 Å². The van der Waals surface area contributed by atoms with Crippen LogP contribution < -0.4 is 0 Å². The Balaban J connectivity index is 2.71. The van der Waals surface area contributed by atoms with Crippen molar-refractivity contribution in [2.24, 2.45) is 5.41 Å². The van der Waals surface area contributed by atoms with E-state index >= 15 is 0 Å². The number of aliphatic carboxylic acids is 1. The van der Waals surface area contributed by atoms with Crippen molar-refractivity contribution >= 4 is 27.8 Å². The summed E-state index contributed by atoms with van der Waals surface area (Å²) in [6, 6.07) is 3.53. The maximum atomic E-state index is 12.2. The van der Waals surface area contributed by atoms with Crippen LogP contribution in [0.3, 0.4) is 0 Å². The van der Waals surface area contributed by atoms with Crippen LogP contribution in [0.5, 0.6) is 0 Å². The van der Waals surface area contributed by atoms with E-state index in [4.69, 9.17) is 4.42 Å². The molecule has 0 atom stereocenters. The van der Waals surface area contributed by atoms with Crippen LogP contribution in [0.1, 0.15) is 38.9 Å². The number of amides is 1. The zero-order chi connectivity index (χ0) is 15.3. The maximum Gasteiger partial charge on any atom is 0.310 e. The van der Waals surface area contributed by atoms with Gasteiger partial charge in [0.15, 0.2) is 4.67 Å². The van der Waals surface area contributed by atoms with Gasteiger partial charge in [-0.2, -0.15) is 0 Å². The topological polar surface area (TPSA) is 70.8 Å². The molecule has 0 aliphatic carbocycles.